The molecule has 1 saturated carbocycles. The molecule has 1 aromatic rings. The summed E-state index contributed by atoms with van der Waals surface area (Å²) < 4.78 is 26.5. The fourth-order valence-corrected chi connectivity index (χ4v) is 2.60. The second kappa shape index (κ2) is 5.26. The Bertz CT molecular complexity index is 393. The molecule has 1 aliphatic carbocycles. The van der Waals surface area contributed by atoms with Crippen LogP contribution in [0.1, 0.15) is 32.0 Å². The molecule has 1 aliphatic rings. The van der Waals surface area contributed by atoms with Crippen molar-refractivity contribution in [2.45, 2.75) is 44.6 Å². The average molecular weight is 259 g/mol. The first-order chi connectivity index (χ1) is 8.50. The van der Waals surface area contributed by atoms with E-state index in [0.29, 0.717) is 18.7 Å². The second-order valence-corrected chi connectivity index (χ2v) is 4.92. The molecule has 0 amide bonds. The Morgan fingerprint density at radius 1 is 1.56 bits per heavy atom. The molecule has 2 atom stereocenters. The molecule has 2 unspecified atom stereocenters. The molecule has 0 bridgehead atoms. The number of rotatable bonds is 5. The van der Waals surface area contributed by atoms with Crippen LogP contribution in [0.3, 0.4) is 0 Å². The molecule has 0 radical (unpaired) electrons. The van der Waals surface area contributed by atoms with Crippen LogP contribution < -0.4 is 5.32 Å². The smallest absolute Gasteiger partial charge is 0.248 e. The van der Waals surface area contributed by atoms with Crippen LogP contribution in [0, 0.1) is 5.92 Å². The molecule has 2 rings (SSSR count). The zero-order valence-electron chi connectivity index (χ0n) is 10.7. The highest BCUT2D eigenvalue weighted by Crippen LogP contribution is 2.40. The van der Waals surface area contributed by atoms with E-state index in [-0.39, 0.29) is 24.8 Å². The molecular formula is C11H19F2N5. The lowest BCUT2D eigenvalue weighted by atomic mass is 9.95. The third-order valence-corrected chi connectivity index (χ3v) is 3.43. The van der Waals surface area contributed by atoms with Crippen molar-refractivity contribution >= 4 is 0 Å². The van der Waals surface area contributed by atoms with Crippen LogP contribution in [0.25, 0.3) is 0 Å². The molecule has 0 spiro atoms. The van der Waals surface area contributed by atoms with E-state index >= 15 is 0 Å². The van der Waals surface area contributed by atoms with Crippen molar-refractivity contribution < 1.29 is 8.78 Å². The van der Waals surface area contributed by atoms with Gasteiger partial charge in [-0.3, -0.25) is 0 Å². The molecule has 5 nitrogen and oxygen atoms in total. The van der Waals surface area contributed by atoms with Crippen molar-refractivity contribution in [3.05, 3.63) is 5.82 Å². The summed E-state index contributed by atoms with van der Waals surface area (Å²) in [5.41, 5.74) is 0. The predicted molar refractivity (Wildman–Crippen MR) is 62.3 cm³/mol. The van der Waals surface area contributed by atoms with E-state index in [4.69, 9.17) is 0 Å². The predicted octanol–water partition coefficient (Wildman–Crippen LogP) is 1.17. The molecule has 1 aromatic heterocycles. The Hall–Kier alpha value is -1.11. The first kappa shape index (κ1) is 13.3. The quantitative estimate of drug-likeness (QED) is 0.862. The van der Waals surface area contributed by atoms with Crippen molar-refractivity contribution in [2.24, 2.45) is 13.0 Å². The molecular weight excluding hydrogens is 240 g/mol. The van der Waals surface area contributed by atoms with Gasteiger partial charge in [0.15, 0.2) is 5.82 Å². The van der Waals surface area contributed by atoms with Crippen LogP contribution in [0.2, 0.25) is 0 Å². The number of hydrogen-bond acceptors (Lipinski definition) is 4. The molecule has 7 heteroatoms. The van der Waals surface area contributed by atoms with Gasteiger partial charge in [0.2, 0.25) is 5.92 Å². The zero-order valence-corrected chi connectivity index (χ0v) is 10.7. The summed E-state index contributed by atoms with van der Waals surface area (Å²) >= 11 is 0. The SMILES string of the molecule is CCNC(Cc1nnn(C)n1)C1CCC(F)(F)C1. The van der Waals surface area contributed by atoms with Gasteiger partial charge in [0.25, 0.3) is 0 Å². The summed E-state index contributed by atoms with van der Waals surface area (Å²) in [6, 6.07) is 0.00701. The number of nitrogens with one attached hydrogen (secondary N) is 1. The summed E-state index contributed by atoms with van der Waals surface area (Å²) in [6.45, 7) is 2.73. The molecule has 0 saturated heterocycles. The van der Waals surface area contributed by atoms with E-state index in [9.17, 15) is 8.78 Å². The van der Waals surface area contributed by atoms with E-state index in [1.165, 1.54) is 4.80 Å². The summed E-state index contributed by atoms with van der Waals surface area (Å²) in [6.07, 6.45) is 1.08. The second-order valence-electron chi connectivity index (χ2n) is 4.92. The number of aromatic nitrogens is 4. The van der Waals surface area contributed by atoms with Gasteiger partial charge >= 0.3 is 0 Å². The molecule has 0 aliphatic heterocycles. The standard InChI is InChI=1S/C11H19F2N5/c1-3-14-9(6-10-15-17-18(2)16-10)8-4-5-11(12,13)7-8/h8-9,14H,3-7H2,1-2H3. The average Bonchev–Trinajstić information content (AvgIpc) is 2.84. The maximum absolute atomic E-state index is 13.3. The number of alkyl halides is 2. The van der Waals surface area contributed by atoms with Gasteiger partial charge in [-0.15, -0.1) is 10.2 Å². The lowest BCUT2D eigenvalue weighted by molar-refractivity contribution is 0.00329. The molecule has 0 aromatic carbocycles. The lowest BCUT2D eigenvalue weighted by Gasteiger charge is -2.23. The first-order valence-electron chi connectivity index (χ1n) is 6.34. The fraction of sp³-hybridized carbons (Fsp3) is 0.909. The van der Waals surface area contributed by atoms with E-state index < -0.39 is 5.92 Å². The van der Waals surface area contributed by atoms with Crippen molar-refractivity contribution in [3.63, 3.8) is 0 Å². The van der Waals surface area contributed by atoms with E-state index in [1.807, 2.05) is 6.92 Å². The Morgan fingerprint density at radius 3 is 2.83 bits per heavy atom. The Kier molecular flexibility index (Phi) is 3.89. The van der Waals surface area contributed by atoms with Gasteiger partial charge in [-0.1, -0.05) is 6.92 Å². The van der Waals surface area contributed by atoms with Gasteiger partial charge in [-0.25, -0.2) is 8.78 Å². The van der Waals surface area contributed by atoms with Crippen LogP contribution in [-0.4, -0.2) is 38.7 Å². The Balaban J connectivity index is 2.00. The maximum atomic E-state index is 13.3. The minimum atomic E-state index is -2.51. The van der Waals surface area contributed by atoms with Gasteiger partial charge in [-0.2, -0.15) is 4.80 Å². The van der Waals surface area contributed by atoms with Crippen LogP contribution >= 0.6 is 0 Å². The summed E-state index contributed by atoms with van der Waals surface area (Å²) in [4.78, 5) is 1.39. The van der Waals surface area contributed by atoms with Crippen LogP contribution in [0.15, 0.2) is 0 Å². The third kappa shape index (κ3) is 3.22. The third-order valence-electron chi connectivity index (χ3n) is 3.43. The highest BCUT2D eigenvalue weighted by molar-refractivity contribution is 4.93. The zero-order chi connectivity index (χ0) is 13.2. The normalized spacial score (nSPS) is 24.3. The Labute approximate surface area is 105 Å². The van der Waals surface area contributed by atoms with E-state index in [0.717, 1.165) is 6.54 Å². The largest absolute Gasteiger partial charge is 0.314 e. The van der Waals surface area contributed by atoms with Crippen LogP contribution in [-0.2, 0) is 13.5 Å². The minimum absolute atomic E-state index is 0.00649. The number of aryl methyl sites for hydroxylation is 1. The van der Waals surface area contributed by atoms with Crippen molar-refractivity contribution in [1.82, 2.24) is 25.5 Å². The molecule has 1 heterocycles. The number of hydrogen-bond donors (Lipinski definition) is 1. The highest BCUT2D eigenvalue weighted by atomic mass is 19.3. The van der Waals surface area contributed by atoms with Crippen LogP contribution in [0.5, 0.6) is 0 Å². The summed E-state index contributed by atoms with van der Waals surface area (Å²) in [7, 11) is 1.70. The summed E-state index contributed by atoms with van der Waals surface area (Å²) in [5.74, 6) is -1.91. The number of halogens is 2. The van der Waals surface area contributed by atoms with E-state index in [1.54, 1.807) is 7.05 Å². The number of nitrogens with zero attached hydrogens (tertiary/aromatic N) is 4. The molecule has 102 valence electrons. The first-order valence-corrected chi connectivity index (χ1v) is 6.34. The fourth-order valence-electron chi connectivity index (χ4n) is 2.60. The van der Waals surface area contributed by atoms with Gasteiger partial charge in [-0.05, 0) is 24.1 Å². The van der Waals surface area contributed by atoms with Crippen LogP contribution in [0.4, 0.5) is 8.78 Å². The van der Waals surface area contributed by atoms with E-state index in [2.05, 4.69) is 20.7 Å². The van der Waals surface area contributed by atoms with Crippen molar-refractivity contribution in [3.8, 4) is 0 Å². The monoisotopic (exact) mass is 259 g/mol. The lowest BCUT2D eigenvalue weighted by Crippen LogP contribution is -2.38. The highest BCUT2D eigenvalue weighted by Gasteiger charge is 2.42. The van der Waals surface area contributed by atoms with Gasteiger partial charge in [0.1, 0.15) is 0 Å². The molecule has 1 fully saturated rings. The van der Waals surface area contributed by atoms with Crippen molar-refractivity contribution in [1.29, 1.82) is 0 Å². The minimum Gasteiger partial charge on any atom is -0.314 e. The molecule has 1 N–H and O–H groups in total. The van der Waals surface area contributed by atoms with Crippen molar-refractivity contribution in [2.75, 3.05) is 6.54 Å². The van der Waals surface area contributed by atoms with Gasteiger partial charge in [0.05, 0.1) is 7.05 Å². The molecule has 18 heavy (non-hydrogen) atoms. The number of tetrazole rings is 1. The Morgan fingerprint density at radius 2 is 2.33 bits per heavy atom. The maximum Gasteiger partial charge on any atom is 0.248 e. The van der Waals surface area contributed by atoms with Gasteiger partial charge < -0.3 is 5.32 Å². The number of likely N-dealkylation sites (N-methyl/N-ethyl adjacent to an activating group) is 1. The summed E-state index contributed by atoms with van der Waals surface area (Å²) in [5, 5.41) is 15.1. The van der Waals surface area contributed by atoms with Gasteiger partial charge in [0, 0.05) is 25.3 Å². The topological polar surface area (TPSA) is 55.6 Å².